The number of carbonyl (C=O) groups is 2. The summed E-state index contributed by atoms with van der Waals surface area (Å²) in [5.41, 5.74) is -0.477. The van der Waals surface area contributed by atoms with Gasteiger partial charge < -0.3 is 19.9 Å². The number of aliphatic hydroxyl groups is 1. The van der Waals surface area contributed by atoms with Gasteiger partial charge in [0.15, 0.2) is 0 Å². The number of amides is 1. The van der Waals surface area contributed by atoms with E-state index in [2.05, 4.69) is 5.32 Å². The van der Waals surface area contributed by atoms with Gasteiger partial charge in [0, 0.05) is 25.5 Å². The van der Waals surface area contributed by atoms with Crippen molar-refractivity contribution < 1.29 is 28.6 Å². The molecule has 23 heavy (non-hydrogen) atoms. The molecule has 0 saturated heterocycles. The van der Waals surface area contributed by atoms with Gasteiger partial charge in [-0.25, -0.2) is 9.18 Å². The van der Waals surface area contributed by atoms with Crippen LogP contribution in [-0.2, 0) is 6.42 Å². The van der Waals surface area contributed by atoms with E-state index in [9.17, 15) is 19.1 Å². The lowest BCUT2D eigenvalue weighted by Crippen LogP contribution is -2.32. The van der Waals surface area contributed by atoms with Crippen LogP contribution < -0.4 is 5.32 Å². The lowest BCUT2D eigenvalue weighted by Gasteiger charge is -2.14. The molecule has 1 aromatic carbocycles. The minimum absolute atomic E-state index is 0.135. The summed E-state index contributed by atoms with van der Waals surface area (Å²) in [6.07, 6.45) is 1.95. The van der Waals surface area contributed by atoms with Gasteiger partial charge in [0.05, 0.1) is 17.4 Å². The van der Waals surface area contributed by atoms with Gasteiger partial charge in [-0.2, -0.15) is 0 Å². The third-order valence-electron chi connectivity index (χ3n) is 3.34. The van der Waals surface area contributed by atoms with Crippen LogP contribution in [0.4, 0.5) is 4.39 Å². The minimum atomic E-state index is -1.27. The number of furan rings is 1. The van der Waals surface area contributed by atoms with Crippen LogP contribution in [0.2, 0.25) is 0 Å². The smallest absolute Gasteiger partial charge is 0.335 e. The predicted octanol–water partition coefficient (Wildman–Crippen LogP) is 1.70. The molecule has 122 valence electrons. The van der Waals surface area contributed by atoms with E-state index in [-0.39, 0.29) is 30.2 Å². The van der Waals surface area contributed by atoms with Crippen LogP contribution >= 0.6 is 0 Å². The summed E-state index contributed by atoms with van der Waals surface area (Å²) in [4.78, 5) is 22.7. The van der Waals surface area contributed by atoms with Gasteiger partial charge in [0.2, 0.25) is 0 Å². The van der Waals surface area contributed by atoms with Crippen LogP contribution in [-0.4, -0.2) is 35.2 Å². The Balaban J connectivity index is 1.97. The van der Waals surface area contributed by atoms with Crippen molar-refractivity contribution in [3.63, 3.8) is 0 Å². The first-order valence-corrected chi connectivity index (χ1v) is 6.95. The van der Waals surface area contributed by atoms with E-state index in [1.807, 2.05) is 0 Å². The number of benzene rings is 1. The second kappa shape index (κ2) is 7.55. The van der Waals surface area contributed by atoms with Gasteiger partial charge in [-0.1, -0.05) is 0 Å². The molecule has 3 N–H and O–H groups in total. The van der Waals surface area contributed by atoms with E-state index in [1.54, 1.807) is 12.1 Å². The normalized spacial score (nSPS) is 11.9. The number of hydrogen-bond acceptors (Lipinski definition) is 4. The lowest BCUT2D eigenvalue weighted by atomic mass is 10.0. The third-order valence-corrected chi connectivity index (χ3v) is 3.34. The number of aromatic carboxylic acids is 1. The molecule has 1 heterocycles. The molecule has 0 spiro atoms. The van der Waals surface area contributed by atoms with Crippen molar-refractivity contribution in [2.24, 2.45) is 5.92 Å². The van der Waals surface area contributed by atoms with Gasteiger partial charge in [0.1, 0.15) is 11.6 Å². The number of carbonyl (C=O) groups excluding carboxylic acids is 1. The molecule has 7 heteroatoms. The van der Waals surface area contributed by atoms with Gasteiger partial charge >= 0.3 is 5.97 Å². The van der Waals surface area contributed by atoms with Crippen LogP contribution in [0.15, 0.2) is 41.0 Å². The monoisotopic (exact) mass is 321 g/mol. The Morgan fingerprint density at radius 2 is 2.09 bits per heavy atom. The summed E-state index contributed by atoms with van der Waals surface area (Å²) < 4.78 is 19.0. The Morgan fingerprint density at radius 1 is 1.30 bits per heavy atom. The van der Waals surface area contributed by atoms with Gasteiger partial charge in [-0.05, 0) is 30.3 Å². The largest absolute Gasteiger partial charge is 0.478 e. The molecular weight excluding hydrogens is 305 g/mol. The molecule has 1 amide bonds. The van der Waals surface area contributed by atoms with Crippen LogP contribution in [0, 0.1) is 11.7 Å². The molecule has 0 fully saturated rings. The Morgan fingerprint density at radius 3 is 2.65 bits per heavy atom. The number of nitrogens with one attached hydrogen (secondary N) is 1. The van der Waals surface area contributed by atoms with Crippen LogP contribution in [0.1, 0.15) is 26.5 Å². The molecule has 0 saturated carbocycles. The zero-order valence-corrected chi connectivity index (χ0v) is 12.2. The van der Waals surface area contributed by atoms with Crippen LogP contribution in [0.5, 0.6) is 0 Å². The maximum absolute atomic E-state index is 13.8. The Bertz CT molecular complexity index is 684. The Hall–Kier alpha value is -2.67. The Kier molecular flexibility index (Phi) is 5.48. The number of aliphatic hydroxyl groups excluding tert-OH is 1. The van der Waals surface area contributed by atoms with E-state index < -0.39 is 17.7 Å². The third kappa shape index (κ3) is 4.40. The topological polar surface area (TPSA) is 99.8 Å². The molecule has 0 bridgehead atoms. The highest BCUT2D eigenvalue weighted by atomic mass is 19.1. The summed E-state index contributed by atoms with van der Waals surface area (Å²) in [5.74, 6) is -2.44. The fourth-order valence-corrected chi connectivity index (χ4v) is 2.08. The number of carboxylic acid groups (broad SMARTS) is 1. The molecular formula is C16H16FNO5. The predicted molar refractivity (Wildman–Crippen MR) is 78.7 cm³/mol. The van der Waals surface area contributed by atoms with Crippen molar-refractivity contribution in [1.82, 2.24) is 5.32 Å². The highest BCUT2D eigenvalue weighted by Gasteiger charge is 2.17. The van der Waals surface area contributed by atoms with Crippen LogP contribution in [0.25, 0.3) is 0 Å². The fraction of sp³-hybridized carbons (Fsp3) is 0.250. The quantitative estimate of drug-likeness (QED) is 0.721. The zero-order chi connectivity index (χ0) is 16.8. The molecule has 2 rings (SSSR count). The van der Waals surface area contributed by atoms with Crippen molar-refractivity contribution in [2.75, 3.05) is 13.2 Å². The summed E-state index contributed by atoms with van der Waals surface area (Å²) in [5, 5.41) is 20.6. The van der Waals surface area contributed by atoms with E-state index in [1.165, 1.54) is 6.26 Å². The SMILES string of the molecule is O=C(O)c1ccc(C(=O)NCC(CO)Cc2ccco2)c(F)c1. The van der Waals surface area contributed by atoms with Gasteiger partial charge in [-0.3, -0.25) is 4.79 Å². The molecule has 1 atom stereocenters. The summed E-state index contributed by atoms with van der Waals surface area (Å²) >= 11 is 0. The molecule has 6 nitrogen and oxygen atoms in total. The van der Waals surface area contributed by atoms with E-state index in [4.69, 9.17) is 9.52 Å². The van der Waals surface area contributed by atoms with Gasteiger partial charge in [0.25, 0.3) is 5.91 Å². The number of carboxylic acids is 1. The van der Waals surface area contributed by atoms with E-state index in [0.29, 0.717) is 12.2 Å². The van der Waals surface area contributed by atoms with Crippen molar-refractivity contribution in [1.29, 1.82) is 0 Å². The molecule has 0 aliphatic heterocycles. The lowest BCUT2D eigenvalue weighted by molar-refractivity contribution is 0.0695. The van der Waals surface area contributed by atoms with E-state index in [0.717, 1.165) is 18.2 Å². The van der Waals surface area contributed by atoms with Gasteiger partial charge in [-0.15, -0.1) is 0 Å². The standard InChI is InChI=1S/C16H16FNO5/c17-14-7-11(16(21)22)3-4-13(14)15(20)18-8-10(9-19)6-12-2-1-5-23-12/h1-5,7,10,19H,6,8-9H2,(H,18,20)(H,21,22). The van der Waals surface area contributed by atoms with Crippen molar-refractivity contribution in [2.45, 2.75) is 6.42 Å². The molecule has 1 aromatic heterocycles. The summed E-state index contributed by atoms with van der Waals surface area (Å²) in [6.45, 7) is -0.0302. The maximum atomic E-state index is 13.8. The van der Waals surface area contributed by atoms with Crippen LogP contribution in [0.3, 0.4) is 0 Å². The number of hydrogen-bond donors (Lipinski definition) is 3. The molecule has 1 unspecified atom stereocenters. The minimum Gasteiger partial charge on any atom is -0.478 e. The second-order valence-electron chi connectivity index (χ2n) is 5.04. The first kappa shape index (κ1) is 16.7. The fourth-order valence-electron chi connectivity index (χ4n) is 2.08. The average Bonchev–Trinajstić information content (AvgIpc) is 3.03. The number of halogens is 1. The first-order chi connectivity index (χ1) is 11.0. The van der Waals surface area contributed by atoms with Crippen molar-refractivity contribution in [3.8, 4) is 0 Å². The maximum Gasteiger partial charge on any atom is 0.335 e. The molecule has 0 aliphatic carbocycles. The molecule has 0 aliphatic rings. The van der Waals surface area contributed by atoms with Crippen molar-refractivity contribution >= 4 is 11.9 Å². The molecule has 0 radical (unpaired) electrons. The summed E-state index contributed by atoms with van der Waals surface area (Å²) in [6, 6.07) is 6.56. The van der Waals surface area contributed by atoms with E-state index >= 15 is 0 Å². The molecule has 2 aromatic rings. The Labute approximate surface area is 131 Å². The number of rotatable bonds is 7. The first-order valence-electron chi connectivity index (χ1n) is 6.95. The summed E-state index contributed by atoms with van der Waals surface area (Å²) in [7, 11) is 0. The second-order valence-corrected chi connectivity index (χ2v) is 5.04. The highest BCUT2D eigenvalue weighted by Crippen LogP contribution is 2.12. The average molecular weight is 321 g/mol. The zero-order valence-electron chi connectivity index (χ0n) is 12.2. The van der Waals surface area contributed by atoms with Crippen molar-refractivity contribution in [3.05, 3.63) is 59.3 Å². The highest BCUT2D eigenvalue weighted by molar-refractivity contribution is 5.96.